The Labute approximate surface area is 122 Å². The summed E-state index contributed by atoms with van der Waals surface area (Å²) in [6.45, 7) is 8.31. The second kappa shape index (κ2) is 5.29. The average molecular weight is 330 g/mol. The molecular formula is C14H20BrNO3. The molecule has 0 spiro atoms. The van der Waals surface area contributed by atoms with E-state index in [-0.39, 0.29) is 29.6 Å². The van der Waals surface area contributed by atoms with Crippen LogP contribution in [0.15, 0.2) is 21.4 Å². The van der Waals surface area contributed by atoms with Crippen molar-refractivity contribution in [3.05, 3.63) is 22.6 Å². The summed E-state index contributed by atoms with van der Waals surface area (Å²) in [5, 5.41) is 3.04. The molecule has 0 aliphatic heterocycles. The van der Waals surface area contributed by atoms with Gasteiger partial charge in [0, 0.05) is 11.5 Å². The third-order valence-electron chi connectivity index (χ3n) is 3.78. The zero-order valence-corrected chi connectivity index (χ0v) is 13.3. The van der Waals surface area contributed by atoms with Crippen molar-refractivity contribution in [3.8, 4) is 0 Å². The van der Waals surface area contributed by atoms with Gasteiger partial charge in [0.1, 0.15) is 0 Å². The Morgan fingerprint density at radius 1 is 1.58 bits per heavy atom. The van der Waals surface area contributed by atoms with E-state index >= 15 is 0 Å². The van der Waals surface area contributed by atoms with Crippen LogP contribution >= 0.6 is 15.9 Å². The smallest absolute Gasteiger partial charge is 0.255 e. The van der Waals surface area contributed by atoms with Crippen LogP contribution < -0.4 is 5.32 Å². The molecular weight excluding hydrogens is 310 g/mol. The summed E-state index contributed by atoms with van der Waals surface area (Å²) in [4.78, 5) is 12.1. The second-order valence-corrected chi connectivity index (χ2v) is 6.58. The molecule has 0 radical (unpaired) electrons. The fourth-order valence-corrected chi connectivity index (χ4v) is 2.80. The Balaban J connectivity index is 1.95. The van der Waals surface area contributed by atoms with Crippen molar-refractivity contribution in [2.45, 2.75) is 52.4 Å². The molecule has 5 heteroatoms. The molecule has 19 heavy (non-hydrogen) atoms. The van der Waals surface area contributed by atoms with Gasteiger partial charge in [0.15, 0.2) is 4.67 Å². The highest BCUT2D eigenvalue weighted by Gasteiger charge is 2.50. The number of carbonyl (C=O) groups is 1. The molecule has 106 valence electrons. The highest BCUT2D eigenvalue weighted by Crippen LogP contribution is 2.43. The molecule has 2 rings (SSSR count). The van der Waals surface area contributed by atoms with Gasteiger partial charge in [-0.3, -0.25) is 4.79 Å². The zero-order valence-electron chi connectivity index (χ0n) is 11.7. The van der Waals surface area contributed by atoms with E-state index in [0.717, 1.165) is 6.42 Å². The summed E-state index contributed by atoms with van der Waals surface area (Å²) < 4.78 is 11.4. The first-order chi connectivity index (χ1) is 8.82. The standard InChI is InChI=1S/C14H20BrNO3/c1-8(2)19-11-7-10(14(11,3)4)16-13(17)9-5-6-18-12(9)15/h5-6,8,10-11H,7H2,1-4H3,(H,16,17)/t10-,11+/m0/s1. The van der Waals surface area contributed by atoms with Crippen molar-refractivity contribution in [1.82, 2.24) is 5.32 Å². The average Bonchev–Trinajstić information content (AvgIpc) is 2.73. The fourth-order valence-electron chi connectivity index (χ4n) is 2.38. The molecule has 0 aromatic carbocycles. The molecule has 0 bridgehead atoms. The minimum atomic E-state index is -0.110. The highest BCUT2D eigenvalue weighted by molar-refractivity contribution is 9.10. The number of hydrogen-bond acceptors (Lipinski definition) is 3. The van der Waals surface area contributed by atoms with Crippen molar-refractivity contribution in [3.63, 3.8) is 0 Å². The lowest BCUT2D eigenvalue weighted by Crippen LogP contribution is -2.62. The van der Waals surface area contributed by atoms with Crippen molar-refractivity contribution in [2.24, 2.45) is 5.41 Å². The number of rotatable bonds is 4. The van der Waals surface area contributed by atoms with E-state index in [4.69, 9.17) is 9.15 Å². The molecule has 1 fully saturated rings. The largest absolute Gasteiger partial charge is 0.457 e. The number of furan rings is 1. The maximum atomic E-state index is 12.1. The summed E-state index contributed by atoms with van der Waals surface area (Å²) >= 11 is 3.22. The van der Waals surface area contributed by atoms with E-state index in [0.29, 0.717) is 10.2 Å². The first-order valence-electron chi connectivity index (χ1n) is 6.51. The van der Waals surface area contributed by atoms with Crippen LogP contribution in [-0.4, -0.2) is 24.2 Å². The fraction of sp³-hybridized carbons (Fsp3) is 0.643. The third kappa shape index (κ3) is 2.87. The lowest BCUT2D eigenvalue weighted by Gasteiger charge is -2.52. The number of amides is 1. The van der Waals surface area contributed by atoms with Gasteiger partial charge in [-0.05, 0) is 42.3 Å². The molecule has 4 nitrogen and oxygen atoms in total. The van der Waals surface area contributed by atoms with Crippen LogP contribution in [0.3, 0.4) is 0 Å². The van der Waals surface area contributed by atoms with Crippen LogP contribution in [0.2, 0.25) is 0 Å². The van der Waals surface area contributed by atoms with Crippen molar-refractivity contribution in [1.29, 1.82) is 0 Å². The predicted molar refractivity (Wildman–Crippen MR) is 76.1 cm³/mol. The summed E-state index contributed by atoms with van der Waals surface area (Å²) in [5.74, 6) is -0.110. The van der Waals surface area contributed by atoms with Gasteiger partial charge in [0.2, 0.25) is 0 Å². The Hall–Kier alpha value is -0.810. The molecule has 0 saturated heterocycles. The first-order valence-corrected chi connectivity index (χ1v) is 7.31. The minimum Gasteiger partial charge on any atom is -0.457 e. The maximum Gasteiger partial charge on any atom is 0.255 e. The Morgan fingerprint density at radius 3 is 2.74 bits per heavy atom. The van der Waals surface area contributed by atoms with E-state index < -0.39 is 0 Å². The highest BCUT2D eigenvalue weighted by atomic mass is 79.9. The van der Waals surface area contributed by atoms with Crippen molar-refractivity contribution >= 4 is 21.8 Å². The van der Waals surface area contributed by atoms with Crippen LogP contribution in [0.25, 0.3) is 0 Å². The molecule has 1 aliphatic carbocycles. The summed E-state index contributed by atoms with van der Waals surface area (Å²) in [6.07, 6.45) is 2.76. The van der Waals surface area contributed by atoms with E-state index in [1.807, 2.05) is 13.8 Å². The number of halogens is 1. The maximum absolute atomic E-state index is 12.1. The minimum absolute atomic E-state index is 0.0455. The van der Waals surface area contributed by atoms with Gasteiger partial charge in [-0.1, -0.05) is 13.8 Å². The number of ether oxygens (including phenoxy) is 1. The molecule has 1 heterocycles. The molecule has 2 atom stereocenters. The molecule has 1 N–H and O–H groups in total. The molecule has 1 amide bonds. The zero-order chi connectivity index (χ0) is 14.2. The quantitative estimate of drug-likeness (QED) is 0.921. The van der Waals surface area contributed by atoms with E-state index in [1.165, 1.54) is 6.26 Å². The van der Waals surface area contributed by atoms with E-state index in [9.17, 15) is 4.79 Å². The molecule has 1 aromatic rings. The van der Waals surface area contributed by atoms with Crippen LogP contribution in [0.5, 0.6) is 0 Å². The van der Waals surface area contributed by atoms with Gasteiger partial charge >= 0.3 is 0 Å². The lowest BCUT2D eigenvalue weighted by atomic mass is 9.64. The van der Waals surface area contributed by atoms with Crippen LogP contribution in [0.4, 0.5) is 0 Å². The van der Waals surface area contributed by atoms with Crippen LogP contribution in [-0.2, 0) is 4.74 Å². The molecule has 1 saturated carbocycles. The van der Waals surface area contributed by atoms with Gasteiger partial charge in [-0.25, -0.2) is 0 Å². The topological polar surface area (TPSA) is 51.5 Å². The lowest BCUT2D eigenvalue weighted by molar-refractivity contribution is -0.136. The SMILES string of the molecule is CC(C)O[C@@H]1C[C@H](NC(=O)c2ccoc2Br)C1(C)C. The van der Waals surface area contributed by atoms with Crippen LogP contribution in [0.1, 0.15) is 44.5 Å². The Kier molecular flexibility index (Phi) is 4.06. The van der Waals surface area contributed by atoms with Gasteiger partial charge in [-0.15, -0.1) is 0 Å². The van der Waals surface area contributed by atoms with E-state index in [1.54, 1.807) is 6.07 Å². The summed E-state index contributed by atoms with van der Waals surface area (Å²) in [6, 6.07) is 1.79. The number of carbonyl (C=O) groups excluding carboxylic acids is 1. The van der Waals surface area contributed by atoms with Gasteiger partial charge in [-0.2, -0.15) is 0 Å². The van der Waals surface area contributed by atoms with Gasteiger partial charge in [0.25, 0.3) is 5.91 Å². The molecule has 0 unspecified atom stereocenters. The number of hydrogen-bond donors (Lipinski definition) is 1. The monoisotopic (exact) mass is 329 g/mol. The Bertz CT molecular complexity index is 467. The third-order valence-corrected chi connectivity index (χ3v) is 4.40. The van der Waals surface area contributed by atoms with Crippen molar-refractivity contribution < 1.29 is 13.9 Å². The Morgan fingerprint density at radius 2 is 2.26 bits per heavy atom. The van der Waals surface area contributed by atoms with Gasteiger partial charge < -0.3 is 14.5 Å². The van der Waals surface area contributed by atoms with Crippen molar-refractivity contribution in [2.75, 3.05) is 0 Å². The first kappa shape index (κ1) is 14.6. The number of nitrogens with one attached hydrogen (secondary N) is 1. The van der Waals surface area contributed by atoms with E-state index in [2.05, 4.69) is 35.1 Å². The van der Waals surface area contributed by atoms with Crippen LogP contribution in [0, 0.1) is 5.41 Å². The summed E-state index contributed by atoms with van der Waals surface area (Å²) in [7, 11) is 0. The normalized spacial score (nSPS) is 25.2. The molecule has 1 aliphatic rings. The van der Waals surface area contributed by atoms with Gasteiger partial charge in [0.05, 0.1) is 24.0 Å². The second-order valence-electron chi connectivity index (χ2n) is 5.86. The predicted octanol–water partition coefficient (Wildman–Crippen LogP) is 3.36. The summed E-state index contributed by atoms with van der Waals surface area (Å²) in [5.41, 5.74) is 0.486. The molecule has 1 aromatic heterocycles.